The standard InChI is InChI=1S/C19H33N5O3S/c1-15-18(19(25)20-9-6-12-22-10-4-5-11-22)21-16(2)24(15)17-7-13-23(14-8-17)28(3,26)27/h17H,4-14H2,1-3H3,(H,20,25). The van der Waals surface area contributed by atoms with Gasteiger partial charge in [-0.15, -0.1) is 0 Å². The molecule has 2 aliphatic heterocycles. The van der Waals surface area contributed by atoms with Crippen LogP contribution in [0.4, 0.5) is 0 Å². The van der Waals surface area contributed by atoms with Gasteiger partial charge in [-0.05, 0) is 65.6 Å². The van der Waals surface area contributed by atoms with E-state index in [1.54, 1.807) is 0 Å². The average Bonchev–Trinajstić information content (AvgIpc) is 3.26. The lowest BCUT2D eigenvalue weighted by Gasteiger charge is -2.32. The second kappa shape index (κ2) is 8.92. The average molecular weight is 412 g/mol. The number of hydrogen-bond donors (Lipinski definition) is 1. The zero-order chi connectivity index (χ0) is 20.3. The van der Waals surface area contributed by atoms with Gasteiger partial charge in [0.2, 0.25) is 10.0 Å². The van der Waals surface area contributed by atoms with E-state index in [1.165, 1.54) is 36.5 Å². The third kappa shape index (κ3) is 4.93. The Morgan fingerprint density at radius 1 is 1.14 bits per heavy atom. The fraction of sp³-hybridized carbons (Fsp3) is 0.789. The zero-order valence-electron chi connectivity index (χ0n) is 17.3. The van der Waals surface area contributed by atoms with E-state index < -0.39 is 10.0 Å². The van der Waals surface area contributed by atoms with Gasteiger partial charge in [0.05, 0.1) is 6.26 Å². The molecule has 1 amide bonds. The number of aryl methyl sites for hydroxylation is 1. The molecule has 0 bridgehead atoms. The van der Waals surface area contributed by atoms with Crippen LogP contribution in [0.5, 0.6) is 0 Å². The predicted molar refractivity (Wildman–Crippen MR) is 109 cm³/mol. The van der Waals surface area contributed by atoms with Crippen molar-refractivity contribution in [2.45, 2.75) is 52.0 Å². The Kier molecular flexibility index (Phi) is 6.77. The maximum atomic E-state index is 12.6. The maximum absolute atomic E-state index is 12.6. The summed E-state index contributed by atoms with van der Waals surface area (Å²) in [4.78, 5) is 19.6. The molecule has 0 aromatic carbocycles. The summed E-state index contributed by atoms with van der Waals surface area (Å²) in [6, 6.07) is 0.183. The van der Waals surface area contributed by atoms with E-state index in [1.807, 2.05) is 13.8 Å². The number of likely N-dealkylation sites (tertiary alicyclic amines) is 1. The van der Waals surface area contributed by atoms with E-state index in [0.29, 0.717) is 25.3 Å². The quantitative estimate of drug-likeness (QED) is 0.684. The van der Waals surface area contributed by atoms with Gasteiger partial charge in [0.25, 0.3) is 5.91 Å². The third-order valence-electron chi connectivity index (χ3n) is 5.93. The zero-order valence-corrected chi connectivity index (χ0v) is 18.1. The molecule has 2 fully saturated rings. The number of sulfonamides is 1. The SMILES string of the molecule is Cc1nc(C(=O)NCCCN2CCCC2)c(C)n1C1CCN(S(C)(=O)=O)CC1. The molecule has 1 aromatic rings. The Labute approximate surface area is 168 Å². The largest absolute Gasteiger partial charge is 0.351 e. The van der Waals surface area contributed by atoms with Crippen LogP contribution >= 0.6 is 0 Å². The second-order valence-electron chi connectivity index (χ2n) is 8.01. The van der Waals surface area contributed by atoms with Gasteiger partial charge in [-0.25, -0.2) is 17.7 Å². The Bertz CT molecular complexity index is 791. The minimum Gasteiger partial charge on any atom is -0.351 e. The van der Waals surface area contributed by atoms with E-state index in [9.17, 15) is 13.2 Å². The van der Waals surface area contributed by atoms with Crippen LogP contribution in [-0.4, -0.2) is 78.6 Å². The van der Waals surface area contributed by atoms with Crippen LogP contribution in [0.15, 0.2) is 0 Å². The van der Waals surface area contributed by atoms with Crippen LogP contribution in [0.2, 0.25) is 0 Å². The molecule has 0 spiro atoms. The minimum absolute atomic E-state index is 0.116. The Morgan fingerprint density at radius 2 is 1.79 bits per heavy atom. The molecule has 0 unspecified atom stereocenters. The lowest BCUT2D eigenvalue weighted by Crippen LogP contribution is -2.38. The molecule has 9 heteroatoms. The number of hydrogen-bond acceptors (Lipinski definition) is 5. The molecule has 1 aromatic heterocycles. The molecule has 8 nitrogen and oxygen atoms in total. The molecule has 0 atom stereocenters. The number of amides is 1. The first-order chi connectivity index (χ1) is 13.3. The summed E-state index contributed by atoms with van der Waals surface area (Å²) in [6.07, 6.45) is 6.25. The number of nitrogens with zero attached hydrogens (tertiary/aromatic N) is 4. The van der Waals surface area contributed by atoms with Gasteiger partial charge in [0, 0.05) is 31.4 Å². The Morgan fingerprint density at radius 3 is 2.39 bits per heavy atom. The second-order valence-corrected chi connectivity index (χ2v) is 10.00. The van der Waals surface area contributed by atoms with Gasteiger partial charge in [-0.1, -0.05) is 0 Å². The lowest BCUT2D eigenvalue weighted by molar-refractivity contribution is 0.0946. The summed E-state index contributed by atoms with van der Waals surface area (Å²) in [5.41, 5.74) is 1.36. The topological polar surface area (TPSA) is 87.5 Å². The Hall–Kier alpha value is -1.45. The van der Waals surface area contributed by atoms with Crippen LogP contribution in [0.1, 0.15) is 60.2 Å². The summed E-state index contributed by atoms with van der Waals surface area (Å²) in [5, 5.41) is 3.01. The fourth-order valence-corrected chi connectivity index (χ4v) is 5.31. The normalized spacial score (nSPS) is 20.0. The van der Waals surface area contributed by atoms with E-state index in [0.717, 1.165) is 37.3 Å². The first-order valence-corrected chi connectivity index (χ1v) is 12.1. The molecular weight excluding hydrogens is 378 g/mol. The highest BCUT2D eigenvalue weighted by molar-refractivity contribution is 7.88. The minimum atomic E-state index is -3.14. The highest BCUT2D eigenvalue weighted by Gasteiger charge is 2.29. The fourth-order valence-electron chi connectivity index (χ4n) is 4.43. The smallest absolute Gasteiger partial charge is 0.271 e. The van der Waals surface area contributed by atoms with E-state index in [4.69, 9.17) is 0 Å². The molecule has 2 aliphatic rings. The Balaban J connectivity index is 1.56. The van der Waals surface area contributed by atoms with Gasteiger partial charge < -0.3 is 14.8 Å². The van der Waals surface area contributed by atoms with E-state index in [2.05, 4.69) is 19.8 Å². The van der Waals surface area contributed by atoms with Crippen LogP contribution in [0.25, 0.3) is 0 Å². The first-order valence-electron chi connectivity index (χ1n) is 10.3. The number of carbonyl (C=O) groups is 1. The number of aromatic nitrogens is 2. The predicted octanol–water partition coefficient (Wildman–Crippen LogP) is 1.31. The first kappa shape index (κ1) is 21.3. The summed E-state index contributed by atoms with van der Waals surface area (Å²) in [6.45, 7) is 8.92. The molecule has 28 heavy (non-hydrogen) atoms. The monoisotopic (exact) mass is 411 g/mol. The van der Waals surface area contributed by atoms with Gasteiger partial charge in [-0.2, -0.15) is 0 Å². The van der Waals surface area contributed by atoms with Crippen LogP contribution in [0, 0.1) is 13.8 Å². The molecule has 3 heterocycles. The number of nitrogens with one attached hydrogen (secondary N) is 1. The number of rotatable bonds is 7. The lowest BCUT2D eigenvalue weighted by atomic mass is 10.1. The van der Waals surface area contributed by atoms with Crippen molar-refractivity contribution >= 4 is 15.9 Å². The molecule has 1 N–H and O–H groups in total. The van der Waals surface area contributed by atoms with Crippen molar-refractivity contribution in [1.29, 1.82) is 0 Å². The van der Waals surface area contributed by atoms with Crippen LogP contribution in [0.3, 0.4) is 0 Å². The van der Waals surface area contributed by atoms with Crippen molar-refractivity contribution in [3.8, 4) is 0 Å². The van der Waals surface area contributed by atoms with Crippen molar-refractivity contribution in [3.05, 3.63) is 17.2 Å². The summed E-state index contributed by atoms with van der Waals surface area (Å²) in [5.74, 6) is 0.701. The van der Waals surface area contributed by atoms with Crippen molar-refractivity contribution in [2.24, 2.45) is 0 Å². The summed E-state index contributed by atoms with van der Waals surface area (Å²) in [7, 11) is -3.14. The van der Waals surface area contributed by atoms with Crippen molar-refractivity contribution < 1.29 is 13.2 Å². The molecule has 0 radical (unpaired) electrons. The molecule has 2 saturated heterocycles. The highest BCUT2D eigenvalue weighted by atomic mass is 32.2. The number of piperidine rings is 1. The van der Waals surface area contributed by atoms with E-state index in [-0.39, 0.29) is 11.9 Å². The molecule has 0 aliphatic carbocycles. The summed E-state index contributed by atoms with van der Waals surface area (Å²) >= 11 is 0. The van der Waals surface area contributed by atoms with Gasteiger partial charge in [0.15, 0.2) is 0 Å². The van der Waals surface area contributed by atoms with Crippen LogP contribution < -0.4 is 5.32 Å². The van der Waals surface area contributed by atoms with Gasteiger partial charge in [-0.3, -0.25) is 4.79 Å². The maximum Gasteiger partial charge on any atom is 0.271 e. The van der Waals surface area contributed by atoms with E-state index >= 15 is 0 Å². The molecule has 0 saturated carbocycles. The van der Waals surface area contributed by atoms with Crippen molar-refractivity contribution in [1.82, 2.24) is 24.1 Å². The van der Waals surface area contributed by atoms with Crippen LogP contribution in [-0.2, 0) is 10.0 Å². The third-order valence-corrected chi connectivity index (χ3v) is 7.24. The highest BCUT2D eigenvalue weighted by Crippen LogP contribution is 2.27. The summed E-state index contributed by atoms with van der Waals surface area (Å²) < 4.78 is 27.1. The molecule has 3 rings (SSSR count). The number of carbonyl (C=O) groups excluding carboxylic acids is 1. The number of imidazole rings is 1. The van der Waals surface area contributed by atoms with Crippen molar-refractivity contribution in [3.63, 3.8) is 0 Å². The molecular formula is C19H33N5O3S. The van der Waals surface area contributed by atoms with Gasteiger partial charge >= 0.3 is 0 Å². The molecule has 158 valence electrons. The van der Waals surface area contributed by atoms with Gasteiger partial charge in [0.1, 0.15) is 11.5 Å². The van der Waals surface area contributed by atoms with Crippen molar-refractivity contribution in [2.75, 3.05) is 45.5 Å².